The number of rotatable bonds is 11. The number of hydrogen-bond acceptors (Lipinski definition) is 6. The molecule has 2 fully saturated rings. The second-order valence-electron chi connectivity index (χ2n) is 12.5. The Bertz CT molecular complexity index is 1610. The van der Waals surface area contributed by atoms with Gasteiger partial charge in [-0.05, 0) is 106 Å². The molecule has 0 saturated carbocycles. The molecule has 10 heteroatoms. The normalized spacial score (nSPS) is 16.0. The lowest BCUT2D eigenvalue weighted by atomic mass is 10.1. The van der Waals surface area contributed by atoms with Gasteiger partial charge >= 0.3 is 0 Å². The number of benzene rings is 3. The van der Waals surface area contributed by atoms with Crippen LogP contribution in [-0.4, -0.2) is 65.9 Å². The molecule has 0 spiro atoms. The number of pyridine rings is 1. The van der Waals surface area contributed by atoms with Crippen molar-refractivity contribution in [1.82, 2.24) is 14.8 Å². The van der Waals surface area contributed by atoms with E-state index < -0.39 is 11.6 Å². The first-order chi connectivity index (χ1) is 22.4. The lowest BCUT2D eigenvalue weighted by molar-refractivity contribution is -0.117. The summed E-state index contributed by atoms with van der Waals surface area (Å²) in [7, 11) is 0. The number of likely N-dealkylation sites (tertiary alicyclic amines) is 2. The highest BCUT2D eigenvalue weighted by atomic mass is 19.2. The predicted octanol–water partition coefficient (Wildman–Crippen LogP) is 6.91. The van der Waals surface area contributed by atoms with E-state index in [4.69, 9.17) is 4.98 Å². The van der Waals surface area contributed by atoms with E-state index in [2.05, 4.69) is 25.8 Å². The van der Waals surface area contributed by atoms with E-state index in [0.29, 0.717) is 40.8 Å². The maximum absolute atomic E-state index is 13.9. The summed E-state index contributed by atoms with van der Waals surface area (Å²) in [5.74, 6) is -1.88. The fourth-order valence-electron chi connectivity index (χ4n) is 6.46. The van der Waals surface area contributed by atoms with Gasteiger partial charge in [-0.25, -0.2) is 13.8 Å². The molecule has 0 radical (unpaired) electrons. The molecule has 3 N–H and O–H groups in total. The number of aromatic nitrogens is 1. The topological polar surface area (TPSA) is 89.6 Å². The molecule has 3 heterocycles. The van der Waals surface area contributed by atoms with E-state index in [1.54, 1.807) is 6.07 Å². The molecule has 242 valence electrons. The van der Waals surface area contributed by atoms with Crippen molar-refractivity contribution in [3.8, 4) is 0 Å². The molecule has 6 rings (SSSR count). The van der Waals surface area contributed by atoms with Crippen LogP contribution < -0.4 is 16.0 Å². The van der Waals surface area contributed by atoms with E-state index in [9.17, 15) is 18.4 Å². The van der Waals surface area contributed by atoms with Crippen LogP contribution in [0.5, 0.6) is 0 Å². The van der Waals surface area contributed by atoms with Crippen molar-refractivity contribution in [2.24, 2.45) is 0 Å². The number of amides is 2. The number of anilines is 3. The summed E-state index contributed by atoms with van der Waals surface area (Å²) in [5.41, 5.74) is 3.97. The molecule has 3 aromatic carbocycles. The first-order valence-corrected chi connectivity index (χ1v) is 16.5. The smallest absolute Gasteiger partial charge is 0.225 e. The van der Waals surface area contributed by atoms with Gasteiger partial charge in [0.05, 0.1) is 16.7 Å². The predicted molar refractivity (Wildman–Crippen MR) is 180 cm³/mol. The maximum atomic E-state index is 13.9. The number of piperidine rings is 2. The van der Waals surface area contributed by atoms with Crippen molar-refractivity contribution in [3.63, 3.8) is 0 Å². The van der Waals surface area contributed by atoms with E-state index >= 15 is 0 Å². The van der Waals surface area contributed by atoms with E-state index in [1.807, 2.05) is 36.4 Å². The molecule has 1 aromatic heterocycles. The third-order valence-electron chi connectivity index (χ3n) is 9.00. The Hall–Kier alpha value is -4.15. The standard InChI is InChI=1S/C36H42F2N6O2/c37-30-12-7-25(21-31(30)38)24-39-36-28-10-8-26(40-34(45)13-19-43-15-3-1-4-16-43)22-32(28)42-33-23-27(9-11-29(33)36)41-35(46)14-20-44-17-5-2-6-18-44/h7-12,21-23H,1-6,13-20,24H2,(H,39,42)(H,40,45)(H,41,46). The average Bonchev–Trinajstić information content (AvgIpc) is 3.07. The maximum Gasteiger partial charge on any atom is 0.225 e. The zero-order chi connectivity index (χ0) is 31.9. The van der Waals surface area contributed by atoms with Crippen LogP contribution in [-0.2, 0) is 16.1 Å². The number of hydrogen-bond donors (Lipinski definition) is 3. The monoisotopic (exact) mass is 628 g/mol. The van der Waals surface area contributed by atoms with Crippen LogP contribution in [0.2, 0.25) is 0 Å². The van der Waals surface area contributed by atoms with Gasteiger partial charge in [0, 0.05) is 54.6 Å². The van der Waals surface area contributed by atoms with Crippen LogP contribution in [0.1, 0.15) is 56.9 Å². The van der Waals surface area contributed by atoms with Gasteiger partial charge in [0.25, 0.3) is 0 Å². The van der Waals surface area contributed by atoms with Crippen LogP contribution >= 0.6 is 0 Å². The lowest BCUT2D eigenvalue weighted by Gasteiger charge is -2.26. The van der Waals surface area contributed by atoms with E-state index in [0.717, 1.165) is 61.8 Å². The van der Waals surface area contributed by atoms with Crippen molar-refractivity contribution in [1.29, 1.82) is 0 Å². The minimum atomic E-state index is -0.898. The van der Waals surface area contributed by atoms with Gasteiger partial charge in [-0.15, -0.1) is 0 Å². The Morgan fingerprint density at radius 3 is 1.67 bits per heavy atom. The Labute approximate surface area is 268 Å². The van der Waals surface area contributed by atoms with Gasteiger partial charge in [-0.1, -0.05) is 18.9 Å². The molecule has 8 nitrogen and oxygen atoms in total. The summed E-state index contributed by atoms with van der Waals surface area (Å²) >= 11 is 0. The molecule has 0 unspecified atom stereocenters. The minimum Gasteiger partial charge on any atom is -0.380 e. The molecule has 46 heavy (non-hydrogen) atoms. The van der Waals surface area contributed by atoms with Crippen molar-refractivity contribution in [2.75, 3.05) is 55.2 Å². The second kappa shape index (κ2) is 15.0. The van der Waals surface area contributed by atoms with Crippen LogP contribution in [0, 0.1) is 11.6 Å². The van der Waals surface area contributed by atoms with Crippen molar-refractivity contribution < 1.29 is 18.4 Å². The number of halogens is 2. The summed E-state index contributed by atoms with van der Waals surface area (Å²) in [5, 5.41) is 11.1. The van der Waals surface area contributed by atoms with E-state index in [1.165, 1.54) is 44.6 Å². The third kappa shape index (κ3) is 8.16. The van der Waals surface area contributed by atoms with Gasteiger partial charge in [0.2, 0.25) is 11.8 Å². The Kier molecular flexibility index (Phi) is 10.3. The molecule has 4 aromatic rings. The molecular weight excluding hydrogens is 586 g/mol. The van der Waals surface area contributed by atoms with Gasteiger partial charge in [-0.2, -0.15) is 0 Å². The van der Waals surface area contributed by atoms with E-state index in [-0.39, 0.29) is 18.4 Å². The highest BCUT2D eigenvalue weighted by Crippen LogP contribution is 2.34. The second-order valence-corrected chi connectivity index (χ2v) is 12.5. The van der Waals surface area contributed by atoms with Gasteiger partial charge < -0.3 is 25.8 Å². The number of nitrogens with one attached hydrogen (secondary N) is 3. The fourth-order valence-corrected chi connectivity index (χ4v) is 6.46. The largest absolute Gasteiger partial charge is 0.380 e. The SMILES string of the molecule is O=C(CCN1CCCCC1)Nc1ccc2c(NCc3ccc(F)c(F)c3)c3ccc(NC(=O)CCN4CCCCC4)cc3nc2c1. The first kappa shape index (κ1) is 31.8. The molecule has 0 bridgehead atoms. The van der Waals surface area contributed by atoms with Crippen LogP contribution in [0.4, 0.5) is 25.8 Å². The van der Waals surface area contributed by atoms with Crippen molar-refractivity contribution >= 4 is 50.7 Å². The summed E-state index contributed by atoms with van der Waals surface area (Å²) < 4.78 is 27.5. The average molecular weight is 629 g/mol. The quantitative estimate of drug-likeness (QED) is 0.157. The third-order valence-corrected chi connectivity index (χ3v) is 9.00. The lowest BCUT2D eigenvalue weighted by Crippen LogP contribution is -2.32. The highest BCUT2D eigenvalue weighted by molar-refractivity contribution is 6.09. The fraction of sp³-hybridized carbons (Fsp3) is 0.417. The highest BCUT2D eigenvalue weighted by Gasteiger charge is 2.16. The Morgan fingerprint density at radius 2 is 1.17 bits per heavy atom. The summed E-state index contributed by atoms with van der Waals surface area (Å²) in [6.45, 7) is 5.92. The number of carbonyl (C=O) groups is 2. The number of nitrogens with zero attached hydrogens (tertiary/aromatic N) is 3. The Balaban J connectivity index is 1.23. The van der Waals surface area contributed by atoms with Crippen LogP contribution in [0.3, 0.4) is 0 Å². The molecule has 2 amide bonds. The minimum absolute atomic E-state index is 0.0445. The number of carbonyl (C=O) groups excluding carboxylic acids is 2. The summed E-state index contributed by atoms with van der Waals surface area (Å²) in [6.07, 6.45) is 8.09. The Morgan fingerprint density at radius 1 is 0.652 bits per heavy atom. The summed E-state index contributed by atoms with van der Waals surface area (Å²) in [6, 6.07) is 15.1. The summed E-state index contributed by atoms with van der Waals surface area (Å²) in [4.78, 5) is 35.2. The van der Waals surface area contributed by atoms with Crippen LogP contribution in [0.15, 0.2) is 54.6 Å². The van der Waals surface area contributed by atoms with Crippen molar-refractivity contribution in [2.45, 2.75) is 57.9 Å². The zero-order valence-corrected chi connectivity index (χ0v) is 26.2. The molecule has 2 aliphatic heterocycles. The van der Waals surface area contributed by atoms with Crippen LogP contribution in [0.25, 0.3) is 21.8 Å². The molecule has 2 aliphatic rings. The molecule has 0 atom stereocenters. The molecule has 2 saturated heterocycles. The first-order valence-electron chi connectivity index (χ1n) is 16.5. The molecule has 0 aliphatic carbocycles. The van der Waals surface area contributed by atoms with Gasteiger partial charge in [-0.3, -0.25) is 9.59 Å². The number of fused-ring (bicyclic) bond motifs is 2. The molecular formula is C36H42F2N6O2. The van der Waals surface area contributed by atoms with Gasteiger partial charge in [0.1, 0.15) is 0 Å². The van der Waals surface area contributed by atoms with Gasteiger partial charge in [0.15, 0.2) is 11.6 Å². The zero-order valence-electron chi connectivity index (χ0n) is 26.2. The van der Waals surface area contributed by atoms with Crippen molar-refractivity contribution in [3.05, 3.63) is 71.8 Å².